The molecule has 2 saturated heterocycles. The largest absolute Gasteiger partial charge is 0.490 e. The number of nitrogens with one attached hydrogen (secondary N) is 2. The van der Waals surface area contributed by atoms with Gasteiger partial charge in [0, 0.05) is 41.4 Å². The van der Waals surface area contributed by atoms with Crippen LogP contribution in [0.1, 0.15) is 67.4 Å². The van der Waals surface area contributed by atoms with Gasteiger partial charge < -0.3 is 15.0 Å². The molecule has 0 radical (unpaired) electrons. The van der Waals surface area contributed by atoms with Gasteiger partial charge in [0.1, 0.15) is 11.9 Å². The number of benzene rings is 3. The molecule has 2 amide bonds. The summed E-state index contributed by atoms with van der Waals surface area (Å²) in [6.07, 6.45) is 6.89. The van der Waals surface area contributed by atoms with Crippen LogP contribution in [0.3, 0.4) is 0 Å². The molecule has 2 N–H and O–H groups in total. The Morgan fingerprint density at radius 2 is 1.82 bits per heavy atom. The molecular formula is C32H34N4O3. The van der Waals surface area contributed by atoms with Crippen molar-refractivity contribution < 1.29 is 14.3 Å². The first kappa shape index (κ1) is 25.2. The summed E-state index contributed by atoms with van der Waals surface area (Å²) >= 11 is 0. The van der Waals surface area contributed by atoms with Gasteiger partial charge in [-0.3, -0.25) is 14.7 Å². The fourth-order valence-corrected chi connectivity index (χ4v) is 6.23. The molecule has 3 aromatic carbocycles. The van der Waals surface area contributed by atoms with E-state index in [4.69, 9.17) is 4.74 Å². The summed E-state index contributed by atoms with van der Waals surface area (Å²) in [5.41, 5.74) is 4.36. The molecule has 6 rings (SSSR count). The van der Waals surface area contributed by atoms with Crippen molar-refractivity contribution in [3.63, 3.8) is 0 Å². The van der Waals surface area contributed by atoms with Crippen LogP contribution in [0.25, 0.3) is 22.2 Å². The summed E-state index contributed by atoms with van der Waals surface area (Å²) in [5.74, 6) is 0.732. The minimum atomic E-state index is -0.0929. The highest BCUT2D eigenvalue weighted by Crippen LogP contribution is 2.36. The number of carbonyl (C=O) groups is 2. The molecule has 2 aliphatic rings. The van der Waals surface area contributed by atoms with Crippen LogP contribution in [0.5, 0.6) is 5.75 Å². The molecule has 2 aliphatic heterocycles. The van der Waals surface area contributed by atoms with Crippen molar-refractivity contribution in [3.8, 4) is 17.0 Å². The van der Waals surface area contributed by atoms with Crippen LogP contribution in [0, 0.1) is 0 Å². The number of carbonyl (C=O) groups excluding carboxylic acids is 2. The molecule has 2 bridgehead atoms. The lowest BCUT2D eigenvalue weighted by atomic mass is 10.0. The summed E-state index contributed by atoms with van der Waals surface area (Å²) < 4.78 is 6.31. The van der Waals surface area contributed by atoms with Gasteiger partial charge in [0.15, 0.2) is 0 Å². The molecular weight excluding hydrogens is 488 g/mol. The first-order chi connectivity index (χ1) is 19.1. The molecule has 3 heterocycles. The number of nitrogens with zero attached hydrogens (tertiary/aromatic N) is 2. The van der Waals surface area contributed by atoms with Crippen molar-refractivity contribution in [2.75, 3.05) is 0 Å². The van der Waals surface area contributed by atoms with Crippen molar-refractivity contribution in [2.24, 2.45) is 0 Å². The molecule has 3 atom stereocenters. The molecule has 39 heavy (non-hydrogen) atoms. The average molecular weight is 523 g/mol. The van der Waals surface area contributed by atoms with E-state index in [0.29, 0.717) is 17.6 Å². The van der Waals surface area contributed by atoms with Crippen LogP contribution < -0.4 is 10.1 Å². The standard InChI is InChI=1S/C32H34N4O3/c1-2-6-29(21-7-4-3-5-8-21)33-32(38)23-11-16-30-28(17-23)31(35-34-30)22-9-14-26(15-10-22)39-27-18-24-12-13-25(19-27)36(24)20-37/h3-5,7-11,14-17,20,24-25,27,29H,2,6,12-13,18-19H2,1H3,(H,33,38)(H,34,35). The van der Waals surface area contributed by atoms with Gasteiger partial charge in [-0.05, 0) is 67.3 Å². The van der Waals surface area contributed by atoms with Gasteiger partial charge in [-0.15, -0.1) is 0 Å². The molecule has 7 nitrogen and oxygen atoms in total. The second kappa shape index (κ2) is 10.9. The molecule has 1 aromatic heterocycles. The van der Waals surface area contributed by atoms with Crippen LogP contribution in [-0.2, 0) is 4.79 Å². The Bertz CT molecular complexity index is 1440. The van der Waals surface area contributed by atoms with Gasteiger partial charge in [0.05, 0.1) is 17.3 Å². The maximum atomic E-state index is 13.3. The molecule has 0 saturated carbocycles. The van der Waals surface area contributed by atoms with Crippen molar-refractivity contribution in [3.05, 3.63) is 83.9 Å². The maximum Gasteiger partial charge on any atom is 0.251 e. The highest BCUT2D eigenvalue weighted by molar-refractivity contribution is 6.01. The SMILES string of the molecule is CCCC(NC(=O)c1ccc2[nH]nc(-c3ccc(OC4CC5CCC(C4)N5C=O)cc3)c2c1)c1ccccc1. The Kier molecular flexibility index (Phi) is 7.05. The van der Waals surface area contributed by atoms with Crippen molar-refractivity contribution >= 4 is 23.2 Å². The number of H-pyrrole nitrogens is 1. The number of hydrogen-bond donors (Lipinski definition) is 2. The summed E-state index contributed by atoms with van der Waals surface area (Å²) in [6.45, 7) is 2.13. The van der Waals surface area contributed by atoms with Crippen molar-refractivity contribution in [1.82, 2.24) is 20.4 Å². The Balaban J connectivity index is 1.17. The fourth-order valence-electron chi connectivity index (χ4n) is 6.23. The summed E-state index contributed by atoms with van der Waals surface area (Å²) in [5, 5.41) is 11.8. The second-order valence-corrected chi connectivity index (χ2v) is 10.7. The molecule has 0 spiro atoms. The molecule has 2 fully saturated rings. The van der Waals surface area contributed by atoms with Gasteiger partial charge in [0.25, 0.3) is 5.91 Å². The predicted octanol–water partition coefficient (Wildman–Crippen LogP) is 6.03. The van der Waals surface area contributed by atoms with E-state index < -0.39 is 0 Å². The highest BCUT2D eigenvalue weighted by atomic mass is 16.5. The normalized spacial score (nSPS) is 21.1. The van der Waals surface area contributed by atoms with Gasteiger partial charge in [-0.25, -0.2) is 0 Å². The zero-order chi connectivity index (χ0) is 26.8. The van der Waals surface area contributed by atoms with Crippen LogP contribution in [-0.4, -0.2) is 45.6 Å². The molecule has 3 unspecified atom stereocenters. The first-order valence-corrected chi connectivity index (χ1v) is 14.0. The predicted molar refractivity (Wildman–Crippen MR) is 151 cm³/mol. The lowest BCUT2D eigenvalue weighted by Crippen LogP contribution is -2.45. The first-order valence-electron chi connectivity index (χ1n) is 14.0. The minimum absolute atomic E-state index is 0.0309. The molecule has 7 heteroatoms. The third kappa shape index (κ3) is 5.13. The van der Waals surface area contributed by atoms with E-state index in [1.165, 1.54) is 0 Å². The van der Waals surface area contributed by atoms with E-state index in [1.807, 2.05) is 65.6 Å². The van der Waals surface area contributed by atoms with E-state index >= 15 is 0 Å². The van der Waals surface area contributed by atoms with Gasteiger partial charge in [0.2, 0.25) is 6.41 Å². The zero-order valence-corrected chi connectivity index (χ0v) is 22.2. The third-order valence-corrected chi connectivity index (χ3v) is 8.21. The van der Waals surface area contributed by atoms with E-state index in [2.05, 4.69) is 34.6 Å². The fraction of sp³-hybridized carbons (Fsp3) is 0.344. The zero-order valence-electron chi connectivity index (χ0n) is 22.2. The number of ether oxygens (including phenoxy) is 1. The topological polar surface area (TPSA) is 87.3 Å². The van der Waals surface area contributed by atoms with Crippen LogP contribution in [0.2, 0.25) is 0 Å². The number of hydrogen-bond acceptors (Lipinski definition) is 4. The number of aromatic nitrogens is 2. The summed E-state index contributed by atoms with van der Waals surface area (Å²) in [4.78, 5) is 26.6. The van der Waals surface area contributed by atoms with E-state index in [9.17, 15) is 9.59 Å². The quantitative estimate of drug-likeness (QED) is 0.263. The number of aromatic amines is 1. The molecule has 0 aliphatic carbocycles. The third-order valence-electron chi connectivity index (χ3n) is 8.21. The van der Waals surface area contributed by atoms with Gasteiger partial charge in [-0.1, -0.05) is 43.7 Å². The van der Waals surface area contributed by atoms with Gasteiger partial charge >= 0.3 is 0 Å². The number of amides is 2. The number of rotatable bonds is 9. The number of fused-ring (bicyclic) bond motifs is 3. The monoisotopic (exact) mass is 522 g/mol. The van der Waals surface area contributed by atoms with Crippen LogP contribution in [0.4, 0.5) is 0 Å². The van der Waals surface area contributed by atoms with Gasteiger partial charge in [-0.2, -0.15) is 5.10 Å². The van der Waals surface area contributed by atoms with E-state index in [-0.39, 0.29) is 18.1 Å². The lowest BCUT2D eigenvalue weighted by Gasteiger charge is -2.36. The Hall–Kier alpha value is -4.13. The van der Waals surface area contributed by atoms with Crippen molar-refractivity contribution in [2.45, 2.75) is 69.7 Å². The maximum absolute atomic E-state index is 13.3. The van der Waals surface area contributed by atoms with Crippen molar-refractivity contribution in [1.29, 1.82) is 0 Å². The lowest BCUT2D eigenvalue weighted by molar-refractivity contribution is -0.123. The second-order valence-electron chi connectivity index (χ2n) is 10.7. The van der Waals surface area contributed by atoms with E-state index in [0.717, 1.165) is 78.4 Å². The smallest absolute Gasteiger partial charge is 0.251 e. The Morgan fingerprint density at radius 1 is 1.08 bits per heavy atom. The van der Waals surface area contributed by atoms with Crippen LogP contribution in [0.15, 0.2) is 72.8 Å². The molecule has 4 aromatic rings. The number of piperidine rings is 1. The Labute approximate surface area is 228 Å². The highest BCUT2D eigenvalue weighted by Gasteiger charge is 2.40. The summed E-state index contributed by atoms with van der Waals surface area (Å²) in [7, 11) is 0. The minimum Gasteiger partial charge on any atom is -0.490 e. The molecule has 200 valence electrons. The summed E-state index contributed by atoms with van der Waals surface area (Å²) in [6, 6.07) is 24.4. The van der Waals surface area contributed by atoms with Crippen LogP contribution >= 0.6 is 0 Å². The van der Waals surface area contributed by atoms with E-state index in [1.54, 1.807) is 0 Å². The Morgan fingerprint density at radius 3 is 2.51 bits per heavy atom. The average Bonchev–Trinajstić information content (AvgIpc) is 3.50.